The molecule has 0 saturated carbocycles. The number of ether oxygens (including phenoxy) is 1. The fourth-order valence-electron chi connectivity index (χ4n) is 2.33. The second-order valence-corrected chi connectivity index (χ2v) is 5.57. The number of aryl methyl sites for hydroxylation is 2. The Balaban J connectivity index is 1.66. The van der Waals surface area contributed by atoms with Crippen molar-refractivity contribution in [3.63, 3.8) is 0 Å². The van der Waals surface area contributed by atoms with Crippen LogP contribution in [0.1, 0.15) is 35.1 Å². The van der Waals surface area contributed by atoms with Gasteiger partial charge in [-0.25, -0.2) is 9.97 Å². The summed E-state index contributed by atoms with van der Waals surface area (Å²) in [6, 6.07) is 9.13. The van der Waals surface area contributed by atoms with E-state index in [0.717, 1.165) is 24.2 Å². The normalized spacial score (nSPS) is 10.5. The second-order valence-electron chi connectivity index (χ2n) is 5.57. The molecule has 7 nitrogen and oxygen atoms in total. The van der Waals surface area contributed by atoms with E-state index in [4.69, 9.17) is 4.74 Å². The van der Waals surface area contributed by atoms with E-state index in [2.05, 4.69) is 32.4 Å². The zero-order valence-electron chi connectivity index (χ0n) is 14.1. The standard InChI is InChI=1S/C18H19N5O2/c1-3-4-16-15(11-20-23-16)17(24)22-13-5-7-14(8-6-13)25-18-19-10-9-12(2)21-18/h5-11H,3-4H2,1-2H3,(H,20,23)(H,22,24). The zero-order valence-corrected chi connectivity index (χ0v) is 14.1. The molecule has 128 valence electrons. The van der Waals surface area contributed by atoms with Crippen molar-refractivity contribution in [1.82, 2.24) is 20.2 Å². The Labute approximate surface area is 145 Å². The van der Waals surface area contributed by atoms with E-state index in [-0.39, 0.29) is 5.91 Å². The lowest BCUT2D eigenvalue weighted by molar-refractivity contribution is 0.102. The van der Waals surface area contributed by atoms with E-state index in [1.165, 1.54) is 0 Å². The largest absolute Gasteiger partial charge is 0.424 e. The summed E-state index contributed by atoms with van der Waals surface area (Å²) >= 11 is 0. The number of aromatic nitrogens is 4. The molecular formula is C18H19N5O2. The number of carbonyl (C=O) groups excluding carboxylic acids is 1. The highest BCUT2D eigenvalue weighted by molar-refractivity contribution is 6.04. The van der Waals surface area contributed by atoms with Crippen molar-refractivity contribution in [3.8, 4) is 11.8 Å². The van der Waals surface area contributed by atoms with Gasteiger partial charge in [-0.3, -0.25) is 9.89 Å². The molecule has 0 saturated heterocycles. The van der Waals surface area contributed by atoms with Crippen molar-refractivity contribution >= 4 is 11.6 Å². The van der Waals surface area contributed by atoms with Crippen LogP contribution in [0.15, 0.2) is 42.7 Å². The van der Waals surface area contributed by atoms with Crippen molar-refractivity contribution in [2.24, 2.45) is 0 Å². The van der Waals surface area contributed by atoms with Gasteiger partial charge in [0.2, 0.25) is 0 Å². The summed E-state index contributed by atoms with van der Waals surface area (Å²) in [5.41, 5.74) is 2.91. The number of amides is 1. The zero-order chi connectivity index (χ0) is 17.6. The van der Waals surface area contributed by atoms with Crippen LogP contribution in [-0.2, 0) is 6.42 Å². The van der Waals surface area contributed by atoms with Gasteiger partial charge in [0.1, 0.15) is 5.75 Å². The minimum absolute atomic E-state index is 0.187. The minimum Gasteiger partial charge on any atom is -0.424 e. The summed E-state index contributed by atoms with van der Waals surface area (Å²) < 4.78 is 5.59. The molecule has 2 N–H and O–H groups in total. The smallest absolute Gasteiger partial charge is 0.322 e. The molecule has 0 fully saturated rings. The van der Waals surface area contributed by atoms with E-state index in [0.29, 0.717) is 23.0 Å². The van der Waals surface area contributed by atoms with Crippen LogP contribution < -0.4 is 10.1 Å². The molecule has 3 aromatic rings. The molecule has 1 aromatic carbocycles. The second kappa shape index (κ2) is 7.57. The van der Waals surface area contributed by atoms with Crippen LogP contribution in [0.5, 0.6) is 11.8 Å². The Bertz CT molecular complexity index is 858. The first-order valence-electron chi connectivity index (χ1n) is 8.07. The number of hydrogen-bond acceptors (Lipinski definition) is 5. The van der Waals surface area contributed by atoms with E-state index >= 15 is 0 Å². The number of rotatable bonds is 6. The number of nitrogens with one attached hydrogen (secondary N) is 2. The van der Waals surface area contributed by atoms with Crippen molar-refractivity contribution < 1.29 is 9.53 Å². The lowest BCUT2D eigenvalue weighted by atomic mass is 10.1. The highest BCUT2D eigenvalue weighted by atomic mass is 16.5. The SMILES string of the molecule is CCCc1[nH]ncc1C(=O)Nc1ccc(Oc2nccc(C)n2)cc1. The average molecular weight is 337 g/mol. The third kappa shape index (κ3) is 4.20. The third-order valence-electron chi connectivity index (χ3n) is 3.56. The number of anilines is 1. The summed E-state index contributed by atoms with van der Waals surface area (Å²) in [7, 11) is 0. The molecule has 2 heterocycles. The Hall–Kier alpha value is -3.22. The minimum atomic E-state index is -0.187. The maximum Gasteiger partial charge on any atom is 0.322 e. The Morgan fingerprint density at radius 2 is 2.04 bits per heavy atom. The molecule has 25 heavy (non-hydrogen) atoms. The van der Waals surface area contributed by atoms with Gasteiger partial charge in [0.15, 0.2) is 0 Å². The fraction of sp³-hybridized carbons (Fsp3) is 0.222. The van der Waals surface area contributed by atoms with Gasteiger partial charge < -0.3 is 10.1 Å². The molecule has 0 aliphatic carbocycles. The average Bonchev–Trinajstić information content (AvgIpc) is 3.05. The lowest BCUT2D eigenvalue weighted by Gasteiger charge is -2.07. The molecule has 7 heteroatoms. The number of H-pyrrole nitrogens is 1. The van der Waals surface area contributed by atoms with Crippen LogP contribution in [0.4, 0.5) is 5.69 Å². The predicted molar refractivity (Wildman–Crippen MR) is 93.8 cm³/mol. The first-order chi connectivity index (χ1) is 12.2. The molecule has 0 radical (unpaired) electrons. The fourth-order valence-corrected chi connectivity index (χ4v) is 2.33. The molecule has 0 bridgehead atoms. The number of nitrogens with zero attached hydrogens (tertiary/aromatic N) is 3. The van der Waals surface area contributed by atoms with Gasteiger partial charge >= 0.3 is 6.01 Å². The Morgan fingerprint density at radius 1 is 1.24 bits per heavy atom. The first-order valence-corrected chi connectivity index (χ1v) is 8.07. The molecule has 0 aliphatic rings. The van der Waals surface area contributed by atoms with Crippen LogP contribution >= 0.6 is 0 Å². The van der Waals surface area contributed by atoms with Crippen molar-refractivity contribution in [2.75, 3.05) is 5.32 Å². The van der Waals surface area contributed by atoms with Crippen molar-refractivity contribution in [1.29, 1.82) is 0 Å². The topological polar surface area (TPSA) is 92.8 Å². The maximum absolute atomic E-state index is 12.4. The van der Waals surface area contributed by atoms with Crippen LogP contribution in [0.2, 0.25) is 0 Å². The highest BCUT2D eigenvalue weighted by Gasteiger charge is 2.13. The summed E-state index contributed by atoms with van der Waals surface area (Å²) in [6.45, 7) is 3.93. The summed E-state index contributed by atoms with van der Waals surface area (Å²) in [4.78, 5) is 20.6. The van der Waals surface area contributed by atoms with E-state index in [1.807, 2.05) is 6.92 Å². The van der Waals surface area contributed by atoms with E-state index in [1.54, 1.807) is 42.7 Å². The van der Waals surface area contributed by atoms with Gasteiger partial charge in [0, 0.05) is 23.3 Å². The summed E-state index contributed by atoms with van der Waals surface area (Å²) in [6.07, 6.45) is 4.92. The molecule has 3 rings (SSSR count). The monoisotopic (exact) mass is 337 g/mol. The molecule has 1 amide bonds. The van der Waals surface area contributed by atoms with Crippen LogP contribution in [0.25, 0.3) is 0 Å². The molecule has 0 atom stereocenters. The Kier molecular flexibility index (Phi) is 5.03. The van der Waals surface area contributed by atoms with E-state index < -0.39 is 0 Å². The van der Waals surface area contributed by atoms with Gasteiger partial charge in [-0.05, 0) is 43.7 Å². The first kappa shape index (κ1) is 16.6. The van der Waals surface area contributed by atoms with Crippen LogP contribution in [0, 0.1) is 6.92 Å². The third-order valence-corrected chi connectivity index (χ3v) is 3.56. The molecule has 0 aliphatic heterocycles. The highest BCUT2D eigenvalue weighted by Crippen LogP contribution is 2.21. The number of hydrogen-bond donors (Lipinski definition) is 2. The number of aromatic amines is 1. The molecule has 0 spiro atoms. The van der Waals surface area contributed by atoms with Gasteiger partial charge in [0.25, 0.3) is 5.91 Å². The molecular weight excluding hydrogens is 318 g/mol. The lowest BCUT2D eigenvalue weighted by Crippen LogP contribution is -2.13. The Morgan fingerprint density at radius 3 is 2.76 bits per heavy atom. The summed E-state index contributed by atoms with van der Waals surface area (Å²) in [5.74, 6) is 0.409. The van der Waals surface area contributed by atoms with Crippen molar-refractivity contribution in [3.05, 3.63) is 59.7 Å². The van der Waals surface area contributed by atoms with Gasteiger partial charge in [0.05, 0.1) is 11.8 Å². The molecule has 0 unspecified atom stereocenters. The summed E-state index contributed by atoms with van der Waals surface area (Å²) in [5, 5.41) is 9.68. The van der Waals surface area contributed by atoms with E-state index in [9.17, 15) is 4.79 Å². The predicted octanol–water partition coefficient (Wildman–Crippen LogP) is 3.51. The van der Waals surface area contributed by atoms with Gasteiger partial charge in [-0.15, -0.1) is 0 Å². The van der Waals surface area contributed by atoms with Crippen LogP contribution in [-0.4, -0.2) is 26.1 Å². The van der Waals surface area contributed by atoms with Gasteiger partial charge in [-0.1, -0.05) is 13.3 Å². The van der Waals surface area contributed by atoms with Gasteiger partial charge in [-0.2, -0.15) is 5.10 Å². The quantitative estimate of drug-likeness (QED) is 0.718. The van der Waals surface area contributed by atoms with Crippen molar-refractivity contribution in [2.45, 2.75) is 26.7 Å². The molecule has 2 aromatic heterocycles. The number of carbonyl (C=O) groups is 1. The maximum atomic E-state index is 12.4. The van der Waals surface area contributed by atoms with Crippen LogP contribution in [0.3, 0.4) is 0 Å². The number of benzene rings is 1.